The number of aromatic nitrogens is 1. The maximum absolute atomic E-state index is 5.27. The molecule has 0 saturated carbocycles. The van der Waals surface area contributed by atoms with Crippen molar-refractivity contribution < 1.29 is 4.52 Å². The predicted octanol–water partition coefficient (Wildman–Crippen LogP) is 3.09. The normalized spacial score (nSPS) is 21.5. The smallest absolute Gasteiger partial charge is 0.194 e. The summed E-state index contributed by atoms with van der Waals surface area (Å²) in [5.41, 5.74) is 2.59. The molecule has 0 spiro atoms. The van der Waals surface area contributed by atoms with Crippen molar-refractivity contribution in [3.8, 4) is 0 Å². The number of hydrogen-bond donors (Lipinski definition) is 1. The molecular weight excluding hydrogens is 276 g/mol. The van der Waals surface area contributed by atoms with Gasteiger partial charge in [-0.05, 0) is 27.7 Å². The summed E-state index contributed by atoms with van der Waals surface area (Å²) in [6, 6.07) is 0. The van der Waals surface area contributed by atoms with Gasteiger partial charge in [-0.2, -0.15) is 0 Å². The van der Waals surface area contributed by atoms with Gasteiger partial charge in [0.2, 0.25) is 0 Å². The van der Waals surface area contributed by atoms with Crippen LogP contribution < -0.4 is 5.32 Å². The fraction of sp³-hybridized carbons (Fsp3) is 0.765. The Hall–Kier alpha value is -1.52. The van der Waals surface area contributed by atoms with E-state index < -0.39 is 0 Å². The molecule has 1 atom stereocenters. The maximum atomic E-state index is 5.27. The highest BCUT2D eigenvalue weighted by Crippen LogP contribution is 2.46. The molecule has 124 valence electrons. The van der Waals surface area contributed by atoms with E-state index in [0.29, 0.717) is 11.3 Å². The minimum absolute atomic E-state index is 0.112. The second-order valence-corrected chi connectivity index (χ2v) is 7.60. The zero-order chi connectivity index (χ0) is 16.7. The number of rotatable bonds is 3. The summed E-state index contributed by atoms with van der Waals surface area (Å²) in [6.45, 7) is 17.2. The Morgan fingerprint density at radius 1 is 1.36 bits per heavy atom. The van der Waals surface area contributed by atoms with Gasteiger partial charge in [0.15, 0.2) is 5.96 Å². The average molecular weight is 306 g/mol. The van der Waals surface area contributed by atoms with Crippen molar-refractivity contribution >= 4 is 5.96 Å². The second kappa shape index (κ2) is 5.60. The molecule has 0 aromatic carbocycles. The second-order valence-electron chi connectivity index (χ2n) is 7.60. The SMILES string of the molecule is CN=C(NCC(C)c1c(C)noc1C)N1CC(C)(C)C1(C)C. The Labute approximate surface area is 134 Å². The van der Waals surface area contributed by atoms with Crippen LogP contribution in [0.1, 0.15) is 57.6 Å². The van der Waals surface area contributed by atoms with Gasteiger partial charge in [0.05, 0.1) is 5.69 Å². The van der Waals surface area contributed by atoms with Crippen LogP contribution in [-0.4, -0.2) is 41.7 Å². The van der Waals surface area contributed by atoms with Crippen molar-refractivity contribution in [2.75, 3.05) is 20.1 Å². The van der Waals surface area contributed by atoms with Crippen LogP contribution >= 0.6 is 0 Å². The van der Waals surface area contributed by atoms with Crippen molar-refractivity contribution in [2.24, 2.45) is 10.4 Å². The van der Waals surface area contributed by atoms with Gasteiger partial charge < -0.3 is 14.7 Å². The van der Waals surface area contributed by atoms with Crippen LogP contribution in [0.3, 0.4) is 0 Å². The quantitative estimate of drug-likeness (QED) is 0.689. The molecule has 5 nitrogen and oxygen atoms in total. The molecular formula is C17H30N4O. The highest BCUT2D eigenvalue weighted by molar-refractivity contribution is 5.82. The topological polar surface area (TPSA) is 53.7 Å². The molecule has 1 unspecified atom stereocenters. The molecule has 1 aliphatic rings. The summed E-state index contributed by atoms with van der Waals surface area (Å²) in [4.78, 5) is 6.82. The average Bonchev–Trinajstić information content (AvgIpc) is 2.77. The van der Waals surface area contributed by atoms with E-state index in [1.54, 1.807) is 0 Å². The lowest BCUT2D eigenvalue weighted by Crippen LogP contribution is -2.72. The molecule has 1 N–H and O–H groups in total. The zero-order valence-electron chi connectivity index (χ0n) is 15.2. The molecule has 1 saturated heterocycles. The maximum Gasteiger partial charge on any atom is 0.194 e. The van der Waals surface area contributed by atoms with Crippen LogP contribution in [0.2, 0.25) is 0 Å². The first kappa shape index (κ1) is 16.8. The van der Waals surface area contributed by atoms with E-state index >= 15 is 0 Å². The highest BCUT2D eigenvalue weighted by Gasteiger charge is 2.53. The number of nitrogens with one attached hydrogen (secondary N) is 1. The third-order valence-electron chi connectivity index (χ3n) is 5.50. The van der Waals surface area contributed by atoms with E-state index in [9.17, 15) is 0 Å². The Morgan fingerprint density at radius 3 is 2.41 bits per heavy atom. The summed E-state index contributed by atoms with van der Waals surface area (Å²) in [7, 11) is 1.85. The van der Waals surface area contributed by atoms with E-state index in [1.165, 1.54) is 5.56 Å². The van der Waals surface area contributed by atoms with Crippen LogP contribution in [-0.2, 0) is 0 Å². The largest absolute Gasteiger partial charge is 0.361 e. The summed E-state index contributed by atoms with van der Waals surface area (Å²) >= 11 is 0. The molecule has 2 rings (SSSR count). The van der Waals surface area contributed by atoms with E-state index in [0.717, 1.165) is 30.5 Å². The van der Waals surface area contributed by atoms with E-state index in [1.807, 2.05) is 20.9 Å². The van der Waals surface area contributed by atoms with E-state index in [4.69, 9.17) is 4.52 Å². The van der Waals surface area contributed by atoms with Gasteiger partial charge in [-0.25, -0.2) is 0 Å². The van der Waals surface area contributed by atoms with E-state index in [2.05, 4.69) is 55.0 Å². The lowest BCUT2D eigenvalue weighted by molar-refractivity contribution is -0.0667. The lowest BCUT2D eigenvalue weighted by Gasteiger charge is -2.62. The molecule has 1 fully saturated rings. The fourth-order valence-corrected chi connectivity index (χ4v) is 3.24. The van der Waals surface area contributed by atoms with Crippen LogP contribution in [0.15, 0.2) is 9.52 Å². The molecule has 5 heteroatoms. The third kappa shape index (κ3) is 2.61. The Morgan fingerprint density at radius 2 is 2.00 bits per heavy atom. The van der Waals surface area contributed by atoms with Gasteiger partial charge in [0, 0.05) is 42.6 Å². The minimum Gasteiger partial charge on any atom is -0.361 e. The molecule has 2 heterocycles. The number of aryl methyl sites for hydroxylation is 2. The minimum atomic E-state index is 0.112. The summed E-state index contributed by atoms with van der Waals surface area (Å²) in [5, 5.41) is 7.56. The van der Waals surface area contributed by atoms with Crippen molar-refractivity contribution in [1.82, 2.24) is 15.4 Å². The van der Waals surface area contributed by atoms with Gasteiger partial charge in [-0.1, -0.05) is 25.9 Å². The highest BCUT2D eigenvalue weighted by atomic mass is 16.5. The molecule has 22 heavy (non-hydrogen) atoms. The first-order valence-corrected chi connectivity index (χ1v) is 8.03. The molecule has 0 amide bonds. The summed E-state index contributed by atoms with van der Waals surface area (Å²) in [6.07, 6.45) is 0. The number of nitrogens with zero attached hydrogens (tertiary/aromatic N) is 3. The van der Waals surface area contributed by atoms with Crippen LogP contribution in [0, 0.1) is 19.3 Å². The standard InChI is InChI=1S/C17H30N4O/c1-11(14-12(2)20-22-13(14)3)9-19-15(18-8)21-10-16(4,5)17(21,6)7/h11H,9-10H2,1-8H3,(H,18,19). The fourth-order valence-electron chi connectivity index (χ4n) is 3.24. The summed E-state index contributed by atoms with van der Waals surface area (Å²) < 4.78 is 5.27. The van der Waals surface area contributed by atoms with Crippen molar-refractivity contribution in [3.05, 3.63) is 17.0 Å². The van der Waals surface area contributed by atoms with Gasteiger partial charge in [-0.3, -0.25) is 4.99 Å². The Balaban J connectivity index is 2.02. The Kier molecular flexibility index (Phi) is 4.28. The number of likely N-dealkylation sites (tertiary alicyclic amines) is 1. The van der Waals surface area contributed by atoms with Gasteiger partial charge in [-0.15, -0.1) is 0 Å². The number of guanidine groups is 1. The molecule has 0 radical (unpaired) electrons. The molecule has 1 aliphatic heterocycles. The lowest BCUT2D eigenvalue weighted by atomic mass is 9.65. The van der Waals surface area contributed by atoms with Crippen molar-refractivity contribution in [1.29, 1.82) is 0 Å². The Bertz CT molecular complexity index is 552. The van der Waals surface area contributed by atoms with Gasteiger partial charge >= 0.3 is 0 Å². The van der Waals surface area contributed by atoms with Crippen molar-refractivity contribution in [3.63, 3.8) is 0 Å². The molecule has 0 aliphatic carbocycles. The summed E-state index contributed by atoms with van der Waals surface area (Å²) in [5.74, 6) is 2.22. The molecule has 1 aromatic rings. The number of hydrogen-bond acceptors (Lipinski definition) is 3. The van der Waals surface area contributed by atoms with Crippen LogP contribution in [0.4, 0.5) is 0 Å². The molecule has 1 aromatic heterocycles. The van der Waals surface area contributed by atoms with E-state index in [-0.39, 0.29) is 5.54 Å². The van der Waals surface area contributed by atoms with Gasteiger partial charge in [0.25, 0.3) is 0 Å². The first-order valence-electron chi connectivity index (χ1n) is 8.03. The van der Waals surface area contributed by atoms with Crippen LogP contribution in [0.25, 0.3) is 0 Å². The monoisotopic (exact) mass is 306 g/mol. The van der Waals surface area contributed by atoms with Crippen molar-refractivity contribution in [2.45, 2.75) is 59.9 Å². The third-order valence-corrected chi connectivity index (χ3v) is 5.50. The molecule has 0 bridgehead atoms. The first-order chi connectivity index (χ1) is 10.1. The predicted molar refractivity (Wildman–Crippen MR) is 90.3 cm³/mol. The zero-order valence-corrected chi connectivity index (χ0v) is 15.2. The number of aliphatic imine (C=N–C) groups is 1. The van der Waals surface area contributed by atoms with Crippen LogP contribution in [0.5, 0.6) is 0 Å². The van der Waals surface area contributed by atoms with Gasteiger partial charge in [0.1, 0.15) is 5.76 Å².